The lowest BCUT2D eigenvalue weighted by molar-refractivity contribution is -0.116. The average Bonchev–Trinajstić information content (AvgIpc) is 2.68. The fraction of sp³-hybridized carbons (Fsp3) is 0.500. The van der Waals surface area contributed by atoms with Gasteiger partial charge < -0.3 is 5.32 Å². The highest BCUT2D eigenvalue weighted by atomic mass is 32.1. The van der Waals surface area contributed by atoms with Crippen molar-refractivity contribution in [3.63, 3.8) is 0 Å². The molecule has 1 aromatic heterocycles. The minimum atomic E-state index is -0.0400. The highest BCUT2D eigenvalue weighted by Crippen LogP contribution is 2.08. The van der Waals surface area contributed by atoms with Crippen LogP contribution in [0.4, 0.5) is 0 Å². The Morgan fingerprint density at radius 3 is 3.00 bits per heavy atom. The molecule has 0 radical (unpaired) electrons. The number of aromatic nitrogens is 1. The van der Waals surface area contributed by atoms with Gasteiger partial charge in [0, 0.05) is 18.0 Å². The summed E-state index contributed by atoms with van der Waals surface area (Å²) in [6.45, 7) is 4.85. The highest BCUT2D eigenvalue weighted by Gasteiger charge is 1.96. The number of carbonyl (C=O) groups is 1. The maximum absolute atomic E-state index is 11.4. The Bertz CT molecular complexity index is 358. The smallest absolute Gasteiger partial charge is 0.244 e. The molecule has 1 N–H and O–H groups in total. The van der Waals surface area contributed by atoms with Crippen molar-refractivity contribution in [2.24, 2.45) is 0 Å². The number of nitrogens with one attached hydrogen (secondary N) is 1. The van der Waals surface area contributed by atoms with E-state index in [0.29, 0.717) is 0 Å². The molecule has 0 aliphatic carbocycles. The summed E-state index contributed by atoms with van der Waals surface area (Å²) in [6, 6.07) is 0. The van der Waals surface area contributed by atoms with Crippen molar-refractivity contribution < 1.29 is 4.79 Å². The van der Waals surface area contributed by atoms with Crippen molar-refractivity contribution in [2.75, 3.05) is 6.54 Å². The standard InChI is InChI=1S/C12H18N2OS/c1-3-4-5-8-13-12(15)7-6-11-9-16-10(2)14-11/h6-7,9H,3-5,8H2,1-2H3,(H,13,15)/b7-6+. The first kappa shape index (κ1) is 12.9. The molecule has 0 aromatic carbocycles. The van der Waals surface area contributed by atoms with E-state index in [2.05, 4.69) is 17.2 Å². The van der Waals surface area contributed by atoms with E-state index in [-0.39, 0.29) is 5.91 Å². The molecule has 1 rings (SSSR count). The number of unbranched alkanes of at least 4 members (excludes halogenated alkanes) is 2. The van der Waals surface area contributed by atoms with Crippen molar-refractivity contribution in [3.8, 4) is 0 Å². The minimum Gasteiger partial charge on any atom is -0.353 e. The fourth-order valence-corrected chi connectivity index (χ4v) is 1.84. The van der Waals surface area contributed by atoms with Crippen LogP contribution < -0.4 is 5.32 Å². The van der Waals surface area contributed by atoms with Gasteiger partial charge in [-0.2, -0.15) is 0 Å². The van der Waals surface area contributed by atoms with Crippen molar-refractivity contribution in [1.82, 2.24) is 10.3 Å². The van der Waals surface area contributed by atoms with Crippen molar-refractivity contribution >= 4 is 23.3 Å². The molecule has 0 fully saturated rings. The molecule has 0 aliphatic heterocycles. The number of hydrogen-bond donors (Lipinski definition) is 1. The zero-order valence-electron chi connectivity index (χ0n) is 9.82. The number of nitrogens with zero attached hydrogens (tertiary/aromatic N) is 1. The molecular weight excluding hydrogens is 220 g/mol. The van der Waals surface area contributed by atoms with Gasteiger partial charge in [0.1, 0.15) is 0 Å². The molecule has 1 aromatic rings. The Balaban J connectivity index is 2.26. The summed E-state index contributed by atoms with van der Waals surface area (Å²) in [5, 5.41) is 5.80. The Hall–Kier alpha value is -1.16. The van der Waals surface area contributed by atoms with Gasteiger partial charge in [-0.25, -0.2) is 4.98 Å². The van der Waals surface area contributed by atoms with E-state index in [0.717, 1.165) is 30.1 Å². The average molecular weight is 238 g/mol. The molecule has 16 heavy (non-hydrogen) atoms. The lowest BCUT2D eigenvalue weighted by Gasteiger charge is -1.99. The first-order valence-electron chi connectivity index (χ1n) is 5.60. The van der Waals surface area contributed by atoms with Gasteiger partial charge in [-0.1, -0.05) is 19.8 Å². The number of aryl methyl sites for hydroxylation is 1. The predicted octanol–water partition coefficient (Wildman–Crippen LogP) is 2.77. The van der Waals surface area contributed by atoms with Gasteiger partial charge in [0.2, 0.25) is 5.91 Å². The minimum absolute atomic E-state index is 0.0400. The molecule has 0 aliphatic rings. The summed E-state index contributed by atoms with van der Waals surface area (Å²) in [4.78, 5) is 15.6. The molecule has 0 atom stereocenters. The van der Waals surface area contributed by atoms with Crippen LogP contribution >= 0.6 is 11.3 Å². The van der Waals surface area contributed by atoms with E-state index in [9.17, 15) is 4.79 Å². The van der Waals surface area contributed by atoms with Crippen LogP contribution in [0.5, 0.6) is 0 Å². The number of hydrogen-bond acceptors (Lipinski definition) is 3. The second-order valence-electron chi connectivity index (χ2n) is 3.62. The van der Waals surface area contributed by atoms with Gasteiger partial charge >= 0.3 is 0 Å². The predicted molar refractivity (Wildman–Crippen MR) is 68.4 cm³/mol. The zero-order chi connectivity index (χ0) is 11.8. The lowest BCUT2D eigenvalue weighted by atomic mass is 10.2. The van der Waals surface area contributed by atoms with E-state index >= 15 is 0 Å². The van der Waals surface area contributed by atoms with E-state index in [1.165, 1.54) is 6.42 Å². The van der Waals surface area contributed by atoms with Gasteiger partial charge in [-0.15, -0.1) is 11.3 Å². The number of amides is 1. The molecule has 0 bridgehead atoms. The van der Waals surface area contributed by atoms with Crippen LogP contribution in [-0.4, -0.2) is 17.4 Å². The summed E-state index contributed by atoms with van der Waals surface area (Å²) in [7, 11) is 0. The lowest BCUT2D eigenvalue weighted by Crippen LogP contribution is -2.21. The van der Waals surface area contributed by atoms with Crippen molar-refractivity contribution in [1.29, 1.82) is 0 Å². The molecule has 0 unspecified atom stereocenters. The van der Waals surface area contributed by atoms with Crippen LogP contribution in [0.15, 0.2) is 11.5 Å². The summed E-state index contributed by atoms with van der Waals surface area (Å²) in [5.41, 5.74) is 0.853. The van der Waals surface area contributed by atoms with Gasteiger partial charge in [0.15, 0.2) is 0 Å². The molecule has 1 heterocycles. The maximum atomic E-state index is 11.4. The summed E-state index contributed by atoms with van der Waals surface area (Å²) >= 11 is 1.59. The molecular formula is C12H18N2OS. The monoisotopic (exact) mass is 238 g/mol. The molecule has 0 saturated carbocycles. The summed E-state index contributed by atoms with van der Waals surface area (Å²) in [5.74, 6) is -0.0400. The molecule has 0 spiro atoms. The van der Waals surface area contributed by atoms with Gasteiger partial charge in [0.05, 0.1) is 10.7 Å². The van der Waals surface area contributed by atoms with Crippen LogP contribution in [0.25, 0.3) is 6.08 Å². The molecule has 3 nitrogen and oxygen atoms in total. The third-order valence-electron chi connectivity index (χ3n) is 2.12. The Labute approximate surface area is 101 Å². The zero-order valence-corrected chi connectivity index (χ0v) is 10.6. The second-order valence-corrected chi connectivity index (χ2v) is 4.69. The molecule has 1 amide bonds. The quantitative estimate of drug-likeness (QED) is 0.611. The summed E-state index contributed by atoms with van der Waals surface area (Å²) < 4.78 is 0. The third kappa shape index (κ3) is 5.07. The van der Waals surface area contributed by atoms with Crippen LogP contribution in [-0.2, 0) is 4.79 Å². The number of carbonyl (C=O) groups excluding carboxylic acids is 1. The van der Waals surface area contributed by atoms with E-state index in [4.69, 9.17) is 0 Å². The van der Waals surface area contributed by atoms with Crippen molar-refractivity contribution in [3.05, 3.63) is 22.2 Å². The van der Waals surface area contributed by atoms with Gasteiger partial charge in [-0.05, 0) is 19.4 Å². The maximum Gasteiger partial charge on any atom is 0.244 e. The number of rotatable bonds is 6. The van der Waals surface area contributed by atoms with E-state index in [1.54, 1.807) is 23.5 Å². The van der Waals surface area contributed by atoms with E-state index in [1.807, 2.05) is 12.3 Å². The van der Waals surface area contributed by atoms with Crippen LogP contribution in [0, 0.1) is 6.92 Å². The normalized spacial score (nSPS) is 10.9. The summed E-state index contributed by atoms with van der Waals surface area (Å²) in [6.07, 6.45) is 6.67. The Morgan fingerprint density at radius 2 is 2.38 bits per heavy atom. The fourth-order valence-electron chi connectivity index (χ4n) is 1.26. The van der Waals surface area contributed by atoms with E-state index < -0.39 is 0 Å². The van der Waals surface area contributed by atoms with Crippen LogP contribution in [0.1, 0.15) is 36.9 Å². The Morgan fingerprint density at radius 1 is 1.56 bits per heavy atom. The van der Waals surface area contributed by atoms with Crippen molar-refractivity contribution in [2.45, 2.75) is 33.1 Å². The Kier molecular flexibility index (Phi) is 5.78. The molecule has 88 valence electrons. The first-order valence-corrected chi connectivity index (χ1v) is 6.48. The first-order chi connectivity index (χ1) is 7.72. The SMILES string of the molecule is CCCCCNC(=O)/C=C/c1csc(C)n1. The largest absolute Gasteiger partial charge is 0.353 e. The second kappa shape index (κ2) is 7.17. The topological polar surface area (TPSA) is 42.0 Å². The third-order valence-corrected chi connectivity index (χ3v) is 2.91. The van der Waals surface area contributed by atoms with Gasteiger partial charge in [-0.3, -0.25) is 4.79 Å². The van der Waals surface area contributed by atoms with Crippen LogP contribution in [0.2, 0.25) is 0 Å². The molecule has 4 heteroatoms. The highest BCUT2D eigenvalue weighted by molar-refractivity contribution is 7.09. The van der Waals surface area contributed by atoms with Gasteiger partial charge in [0.25, 0.3) is 0 Å². The van der Waals surface area contributed by atoms with Crippen LogP contribution in [0.3, 0.4) is 0 Å². The molecule has 0 saturated heterocycles. The number of thiazole rings is 1.